The minimum absolute atomic E-state index is 0.0663. The molecular weight excluding hydrogens is 270 g/mol. The molecular formula is C15H22N3O3+. The molecule has 0 spiro atoms. The number of likely N-dealkylation sites (tertiary alicyclic amines) is 1. The number of benzene rings is 1. The zero-order chi connectivity index (χ0) is 15.2. The predicted octanol–water partition coefficient (Wildman–Crippen LogP) is -0.586. The minimum atomic E-state index is -0.264. The van der Waals surface area contributed by atoms with E-state index in [9.17, 15) is 9.59 Å². The maximum absolute atomic E-state index is 12.1. The van der Waals surface area contributed by atoms with Crippen molar-refractivity contribution in [2.75, 3.05) is 32.1 Å². The molecule has 2 rings (SSSR count). The predicted molar refractivity (Wildman–Crippen MR) is 79.1 cm³/mol. The van der Waals surface area contributed by atoms with Gasteiger partial charge in [-0.3, -0.25) is 9.59 Å². The molecule has 1 heterocycles. The van der Waals surface area contributed by atoms with Crippen LogP contribution in [0.1, 0.15) is 12.8 Å². The van der Waals surface area contributed by atoms with Crippen LogP contribution in [0.3, 0.4) is 0 Å². The fraction of sp³-hybridized carbons (Fsp3) is 0.467. The van der Waals surface area contributed by atoms with Crippen LogP contribution in [0.2, 0.25) is 0 Å². The van der Waals surface area contributed by atoms with Crippen LogP contribution in [0.15, 0.2) is 24.3 Å². The Bertz CT molecular complexity index is 519. The number of anilines is 1. The van der Waals surface area contributed by atoms with Crippen LogP contribution in [0.25, 0.3) is 0 Å². The van der Waals surface area contributed by atoms with Crippen molar-refractivity contribution in [2.45, 2.75) is 12.8 Å². The van der Waals surface area contributed by atoms with Gasteiger partial charge in [0.25, 0.3) is 5.91 Å². The number of rotatable bonds is 5. The monoisotopic (exact) mass is 292 g/mol. The van der Waals surface area contributed by atoms with Gasteiger partial charge in [0.15, 0.2) is 6.54 Å². The zero-order valence-corrected chi connectivity index (χ0v) is 12.2. The second kappa shape index (κ2) is 7.08. The Morgan fingerprint density at radius 2 is 2.29 bits per heavy atom. The number of nitrogens with two attached hydrogens (primary N) is 1. The van der Waals surface area contributed by atoms with E-state index in [1.54, 1.807) is 13.2 Å². The number of hydrogen-bond acceptors (Lipinski definition) is 3. The third-order valence-electron chi connectivity index (χ3n) is 3.78. The summed E-state index contributed by atoms with van der Waals surface area (Å²) in [6.45, 7) is 1.89. The molecule has 1 aromatic carbocycles. The van der Waals surface area contributed by atoms with Crippen molar-refractivity contribution >= 4 is 17.5 Å². The normalized spacial score (nSPS) is 21.6. The third-order valence-corrected chi connectivity index (χ3v) is 3.78. The molecule has 0 aromatic heterocycles. The Hall–Kier alpha value is -2.08. The smallest absolute Gasteiger partial charge is 0.279 e. The van der Waals surface area contributed by atoms with Crippen LogP contribution < -0.4 is 20.7 Å². The molecule has 2 amide bonds. The number of quaternary nitrogens is 1. The third kappa shape index (κ3) is 4.46. The summed E-state index contributed by atoms with van der Waals surface area (Å²) < 4.78 is 5.12. The maximum atomic E-state index is 12.1. The number of carbonyl (C=O) groups excluding carboxylic acids is 2. The molecule has 21 heavy (non-hydrogen) atoms. The number of primary amides is 1. The number of hydrogen-bond donors (Lipinski definition) is 3. The first-order chi connectivity index (χ1) is 10.1. The van der Waals surface area contributed by atoms with Gasteiger partial charge < -0.3 is 20.7 Å². The fourth-order valence-corrected chi connectivity index (χ4v) is 2.69. The van der Waals surface area contributed by atoms with Gasteiger partial charge in [-0.1, -0.05) is 6.07 Å². The number of carbonyl (C=O) groups is 2. The van der Waals surface area contributed by atoms with Crippen molar-refractivity contribution in [3.63, 3.8) is 0 Å². The lowest BCUT2D eigenvalue weighted by atomic mass is 9.97. The van der Waals surface area contributed by atoms with E-state index in [2.05, 4.69) is 5.32 Å². The van der Waals surface area contributed by atoms with E-state index < -0.39 is 0 Å². The molecule has 6 nitrogen and oxygen atoms in total. The van der Waals surface area contributed by atoms with Gasteiger partial charge in [-0.2, -0.15) is 0 Å². The first-order valence-electron chi connectivity index (χ1n) is 7.15. The van der Waals surface area contributed by atoms with Gasteiger partial charge in [0.1, 0.15) is 5.75 Å². The second-order valence-electron chi connectivity index (χ2n) is 5.40. The van der Waals surface area contributed by atoms with Gasteiger partial charge >= 0.3 is 0 Å². The average Bonchev–Trinajstić information content (AvgIpc) is 2.47. The van der Waals surface area contributed by atoms with Crippen molar-refractivity contribution in [3.8, 4) is 5.75 Å². The van der Waals surface area contributed by atoms with Crippen LogP contribution >= 0.6 is 0 Å². The van der Waals surface area contributed by atoms with Crippen molar-refractivity contribution in [1.29, 1.82) is 0 Å². The SMILES string of the molecule is COc1cccc(NC(=O)C[NH+]2CCC[C@@H](C(N)=O)C2)c1. The Kier molecular flexibility index (Phi) is 5.16. The van der Waals surface area contributed by atoms with Gasteiger partial charge in [0, 0.05) is 11.8 Å². The molecule has 4 N–H and O–H groups in total. The molecule has 0 radical (unpaired) electrons. The molecule has 0 aliphatic carbocycles. The summed E-state index contributed by atoms with van der Waals surface area (Å²) in [6, 6.07) is 7.24. The van der Waals surface area contributed by atoms with Crippen LogP contribution in [0, 0.1) is 5.92 Å². The molecule has 0 saturated carbocycles. The van der Waals surface area contributed by atoms with Crippen LogP contribution in [0.5, 0.6) is 5.75 Å². The second-order valence-corrected chi connectivity index (χ2v) is 5.40. The largest absolute Gasteiger partial charge is 0.497 e. The summed E-state index contributed by atoms with van der Waals surface area (Å²) >= 11 is 0. The molecule has 1 fully saturated rings. The molecule has 1 aliphatic heterocycles. The first-order valence-corrected chi connectivity index (χ1v) is 7.15. The molecule has 1 aliphatic rings. The Balaban J connectivity index is 1.87. The highest BCUT2D eigenvalue weighted by molar-refractivity contribution is 5.91. The summed E-state index contributed by atoms with van der Waals surface area (Å²) in [6.07, 6.45) is 1.76. The van der Waals surface area contributed by atoms with Crippen molar-refractivity contribution in [1.82, 2.24) is 0 Å². The van der Waals surface area contributed by atoms with Gasteiger partial charge in [-0.15, -0.1) is 0 Å². The van der Waals surface area contributed by atoms with Gasteiger partial charge in [-0.25, -0.2) is 0 Å². The molecule has 1 saturated heterocycles. The van der Waals surface area contributed by atoms with Crippen molar-refractivity contribution < 1.29 is 19.2 Å². The lowest BCUT2D eigenvalue weighted by Crippen LogP contribution is -3.14. The number of methoxy groups -OCH3 is 1. The zero-order valence-electron chi connectivity index (χ0n) is 12.2. The Labute approximate surface area is 124 Å². The molecule has 6 heteroatoms. The number of nitrogens with one attached hydrogen (secondary N) is 2. The molecule has 1 unspecified atom stereocenters. The minimum Gasteiger partial charge on any atom is -0.497 e. The summed E-state index contributed by atoms with van der Waals surface area (Å²) in [7, 11) is 1.59. The van der Waals surface area contributed by atoms with Crippen LogP contribution in [0.4, 0.5) is 5.69 Å². The fourth-order valence-electron chi connectivity index (χ4n) is 2.69. The van der Waals surface area contributed by atoms with E-state index in [0.29, 0.717) is 24.5 Å². The average molecular weight is 292 g/mol. The number of amides is 2. The lowest BCUT2D eigenvalue weighted by molar-refractivity contribution is -0.899. The van der Waals surface area contributed by atoms with Crippen LogP contribution in [-0.2, 0) is 9.59 Å². The maximum Gasteiger partial charge on any atom is 0.279 e. The highest BCUT2D eigenvalue weighted by atomic mass is 16.5. The highest BCUT2D eigenvalue weighted by Crippen LogP contribution is 2.16. The van der Waals surface area contributed by atoms with Gasteiger partial charge in [-0.05, 0) is 25.0 Å². The van der Waals surface area contributed by atoms with E-state index in [0.717, 1.165) is 24.3 Å². The molecule has 0 bridgehead atoms. The van der Waals surface area contributed by atoms with Gasteiger partial charge in [0.05, 0.1) is 26.1 Å². The Morgan fingerprint density at radius 3 is 3.00 bits per heavy atom. The topological polar surface area (TPSA) is 85.9 Å². The van der Waals surface area contributed by atoms with Crippen molar-refractivity contribution in [3.05, 3.63) is 24.3 Å². The summed E-state index contributed by atoms with van der Waals surface area (Å²) in [5.41, 5.74) is 6.06. The van der Waals surface area contributed by atoms with E-state index in [4.69, 9.17) is 10.5 Å². The summed E-state index contributed by atoms with van der Waals surface area (Å²) in [5, 5.41) is 2.85. The van der Waals surface area contributed by atoms with Crippen molar-refractivity contribution in [2.24, 2.45) is 11.7 Å². The van der Waals surface area contributed by atoms with E-state index in [-0.39, 0.29) is 17.7 Å². The van der Waals surface area contributed by atoms with E-state index >= 15 is 0 Å². The Morgan fingerprint density at radius 1 is 1.48 bits per heavy atom. The lowest BCUT2D eigenvalue weighted by Gasteiger charge is -2.27. The van der Waals surface area contributed by atoms with E-state index in [1.165, 1.54) is 0 Å². The molecule has 2 atom stereocenters. The highest BCUT2D eigenvalue weighted by Gasteiger charge is 2.28. The summed E-state index contributed by atoms with van der Waals surface area (Å²) in [5.74, 6) is 0.258. The first kappa shape index (κ1) is 15.3. The number of piperidine rings is 1. The molecule has 114 valence electrons. The molecule has 1 aromatic rings. The standard InChI is InChI=1S/C15H21N3O3/c1-21-13-6-2-5-12(8-13)17-14(19)10-18-7-3-4-11(9-18)15(16)20/h2,5-6,8,11H,3-4,7,9-10H2,1H3,(H2,16,20)(H,17,19)/p+1/t11-/m1/s1. The van der Waals surface area contributed by atoms with Gasteiger partial charge in [0.2, 0.25) is 5.91 Å². The van der Waals surface area contributed by atoms with Crippen LogP contribution in [-0.4, -0.2) is 38.6 Å². The summed E-state index contributed by atoms with van der Waals surface area (Å²) in [4.78, 5) is 24.4. The van der Waals surface area contributed by atoms with E-state index in [1.807, 2.05) is 18.2 Å². The quantitative estimate of drug-likeness (QED) is 0.678. The number of ether oxygens (including phenoxy) is 1.